The summed E-state index contributed by atoms with van der Waals surface area (Å²) in [6, 6.07) is 21.1. The third kappa shape index (κ3) is 3.18. The molecule has 3 rings (SSSR count). The molecule has 120 valence electrons. The van der Waals surface area contributed by atoms with Gasteiger partial charge in [0.2, 0.25) is 0 Å². The molecule has 0 aliphatic carbocycles. The zero-order valence-corrected chi connectivity index (χ0v) is 13.9. The lowest BCUT2D eigenvalue weighted by Gasteiger charge is -2.11. The Balaban J connectivity index is 1.96. The molecule has 0 atom stereocenters. The van der Waals surface area contributed by atoms with Crippen LogP contribution in [0, 0.1) is 6.92 Å². The molecule has 3 aromatic rings. The Bertz CT molecular complexity index is 860. The average Bonchev–Trinajstić information content (AvgIpc) is 2.60. The second-order valence-corrected chi connectivity index (χ2v) is 6.07. The van der Waals surface area contributed by atoms with Crippen molar-refractivity contribution in [2.45, 2.75) is 13.3 Å². The van der Waals surface area contributed by atoms with Crippen LogP contribution in [0.15, 0.2) is 73.3 Å². The number of hydrogen-bond donors (Lipinski definition) is 2. The van der Waals surface area contributed by atoms with Gasteiger partial charge in [-0.05, 0) is 53.3 Å². The average molecular weight is 314 g/mol. The maximum absolute atomic E-state index is 6.06. The summed E-state index contributed by atoms with van der Waals surface area (Å²) in [5, 5.41) is 0. The maximum Gasteiger partial charge on any atom is 0.0583 e. The fourth-order valence-electron chi connectivity index (χ4n) is 2.83. The summed E-state index contributed by atoms with van der Waals surface area (Å²) < 4.78 is 0. The van der Waals surface area contributed by atoms with E-state index in [2.05, 4.69) is 68.1 Å². The van der Waals surface area contributed by atoms with Crippen molar-refractivity contribution in [2.75, 3.05) is 11.5 Å². The zero-order valence-electron chi connectivity index (χ0n) is 13.9. The summed E-state index contributed by atoms with van der Waals surface area (Å²) in [4.78, 5) is 0. The van der Waals surface area contributed by atoms with Crippen LogP contribution in [0.2, 0.25) is 0 Å². The molecule has 24 heavy (non-hydrogen) atoms. The van der Waals surface area contributed by atoms with Gasteiger partial charge in [-0.3, -0.25) is 0 Å². The molecule has 0 aromatic heterocycles. The van der Waals surface area contributed by atoms with E-state index in [1.165, 1.54) is 16.7 Å². The van der Waals surface area contributed by atoms with Crippen molar-refractivity contribution in [1.82, 2.24) is 0 Å². The largest absolute Gasteiger partial charge is 0.397 e. The Morgan fingerprint density at radius 3 is 1.83 bits per heavy atom. The highest BCUT2D eigenvalue weighted by atomic mass is 14.7. The van der Waals surface area contributed by atoms with E-state index < -0.39 is 0 Å². The van der Waals surface area contributed by atoms with E-state index in [4.69, 9.17) is 11.5 Å². The second-order valence-electron chi connectivity index (χ2n) is 6.07. The third-order valence-electron chi connectivity index (χ3n) is 4.27. The second kappa shape index (κ2) is 6.63. The first kappa shape index (κ1) is 15.9. The minimum absolute atomic E-state index is 0.618. The quantitative estimate of drug-likeness (QED) is 0.512. The van der Waals surface area contributed by atoms with Gasteiger partial charge in [-0.25, -0.2) is 0 Å². The Kier molecular flexibility index (Phi) is 4.39. The Labute approximate surface area is 143 Å². The summed E-state index contributed by atoms with van der Waals surface area (Å²) in [5.74, 6) is 0. The normalized spacial score (nSPS) is 10.5. The van der Waals surface area contributed by atoms with Crippen LogP contribution in [-0.2, 0) is 6.42 Å². The molecule has 0 saturated heterocycles. The minimum Gasteiger partial charge on any atom is -0.397 e. The number of rotatable bonds is 4. The summed E-state index contributed by atoms with van der Waals surface area (Å²) in [7, 11) is 0. The van der Waals surface area contributed by atoms with Gasteiger partial charge >= 0.3 is 0 Å². The lowest BCUT2D eigenvalue weighted by Crippen LogP contribution is -2.00. The molecule has 0 aliphatic heterocycles. The van der Waals surface area contributed by atoms with Crippen molar-refractivity contribution in [3.63, 3.8) is 0 Å². The molecule has 0 unspecified atom stereocenters. The van der Waals surface area contributed by atoms with Crippen LogP contribution in [0.3, 0.4) is 0 Å². The number of nitrogens with two attached hydrogens (primary N) is 2. The molecule has 0 bridgehead atoms. The van der Waals surface area contributed by atoms with Gasteiger partial charge in [-0.15, -0.1) is 6.58 Å². The first-order valence-corrected chi connectivity index (χ1v) is 8.04. The molecule has 0 radical (unpaired) electrons. The van der Waals surface area contributed by atoms with Crippen molar-refractivity contribution in [2.24, 2.45) is 0 Å². The Morgan fingerprint density at radius 1 is 0.792 bits per heavy atom. The number of nitrogen functional groups attached to an aromatic ring is 2. The molecule has 3 aromatic carbocycles. The zero-order chi connectivity index (χ0) is 17.1. The fourth-order valence-corrected chi connectivity index (χ4v) is 2.83. The lowest BCUT2D eigenvalue weighted by atomic mass is 9.96. The number of aryl methyl sites for hydroxylation is 1. The van der Waals surface area contributed by atoms with Crippen molar-refractivity contribution >= 4 is 11.4 Å². The molecular formula is C22H22N2. The molecule has 0 fully saturated rings. The van der Waals surface area contributed by atoms with E-state index in [0.717, 1.165) is 16.7 Å². The molecule has 0 heterocycles. The molecule has 2 nitrogen and oxygen atoms in total. The minimum atomic E-state index is 0.618. The van der Waals surface area contributed by atoms with Crippen LogP contribution in [0.4, 0.5) is 11.4 Å². The molecule has 0 aliphatic rings. The number of hydrogen-bond acceptors (Lipinski definition) is 2. The van der Waals surface area contributed by atoms with Crippen molar-refractivity contribution in [1.29, 1.82) is 0 Å². The van der Waals surface area contributed by atoms with Crippen molar-refractivity contribution in [3.8, 4) is 22.3 Å². The van der Waals surface area contributed by atoms with Crippen LogP contribution >= 0.6 is 0 Å². The van der Waals surface area contributed by atoms with Gasteiger partial charge in [0.15, 0.2) is 0 Å². The third-order valence-corrected chi connectivity index (χ3v) is 4.27. The monoisotopic (exact) mass is 314 g/mol. The Morgan fingerprint density at radius 2 is 1.29 bits per heavy atom. The van der Waals surface area contributed by atoms with Gasteiger partial charge in [-0.2, -0.15) is 0 Å². The molecule has 0 amide bonds. The molecule has 2 heteroatoms. The summed E-state index contributed by atoms with van der Waals surface area (Å²) in [5.41, 5.74) is 20.3. The van der Waals surface area contributed by atoms with Gasteiger partial charge < -0.3 is 11.5 Å². The van der Waals surface area contributed by atoms with Crippen LogP contribution in [0.5, 0.6) is 0 Å². The van der Waals surface area contributed by atoms with Crippen LogP contribution in [0.1, 0.15) is 11.1 Å². The highest BCUT2D eigenvalue weighted by molar-refractivity contribution is 5.79. The van der Waals surface area contributed by atoms with Gasteiger partial charge in [-0.1, -0.05) is 60.2 Å². The van der Waals surface area contributed by atoms with Gasteiger partial charge in [0.1, 0.15) is 0 Å². The van der Waals surface area contributed by atoms with E-state index >= 15 is 0 Å². The lowest BCUT2D eigenvalue weighted by molar-refractivity contribution is 1.28. The summed E-state index contributed by atoms with van der Waals surface area (Å²) >= 11 is 0. The van der Waals surface area contributed by atoms with Crippen LogP contribution in [-0.4, -0.2) is 0 Å². The SMILES string of the molecule is C=CCc1cc(-c2ccc(-c3ccc(C)cc3)cc2)cc(N)c1N. The standard InChI is InChI=1S/C22H22N2/c1-3-4-19-13-20(14-21(23)22(19)24)18-11-9-17(10-12-18)16-7-5-15(2)6-8-16/h3,5-14H,1,4,23-24H2,2H3. The predicted molar refractivity (Wildman–Crippen MR) is 105 cm³/mol. The van der Waals surface area contributed by atoms with Gasteiger partial charge in [0.25, 0.3) is 0 Å². The summed E-state index contributed by atoms with van der Waals surface area (Å²) in [6.45, 7) is 5.88. The van der Waals surface area contributed by atoms with Crippen molar-refractivity contribution < 1.29 is 0 Å². The highest BCUT2D eigenvalue weighted by Gasteiger charge is 2.07. The summed E-state index contributed by atoms with van der Waals surface area (Å²) in [6.07, 6.45) is 2.56. The topological polar surface area (TPSA) is 52.0 Å². The van der Waals surface area contributed by atoms with Gasteiger partial charge in [0.05, 0.1) is 11.4 Å². The van der Waals surface area contributed by atoms with E-state index in [1.807, 2.05) is 12.1 Å². The fraction of sp³-hybridized carbons (Fsp3) is 0.0909. The first-order chi connectivity index (χ1) is 11.6. The van der Waals surface area contributed by atoms with E-state index in [1.54, 1.807) is 0 Å². The molecular weight excluding hydrogens is 292 g/mol. The smallest absolute Gasteiger partial charge is 0.0583 e. The van der Waals surface area contributed by atoms with Crippen LogP contribution < -0.4 is 11.5 Å². The van der Waals surface area contributed by atoms with Crippen LogP contribution in [0.25, 0.3) is 22.3 Å². The van der Waals surface area contributed by atoms with E-state index in [0.29, 0.717) is 17.8 Å². The van der Waals surface area contributed by atoms with Crippen molar-refractivity contribution in [3.05, 3.63) is 84.4 Å². The highest BCUT2D eigenvalue weighted by Crippen LogP contribution is 2.31. The Hall–Kier alpha value is -3.00. The number of allylic oxidation sites excluding steroid dienone is 1. The molecule has 0 spiro atoms. The molecule has 0 saturated carbocycles. The van der Waals surface area contributed by atoms with E-state index in [9.17, 15) is 0 Å². The number of anilines is 2. The van der Waals surface area contributed by atoms with E-state index in [-0.39, 0.29) is 0 Å². The van der Waals surface area contributed by atoms with Gasteiger partial charge in [0, 0.05) is 0 Å². The maximum atomic E-state index is 6.06. The molecule has 4 N–H and O–H groups in total. The first-order valence-electron chi connectivity index (χ1n) is 8.04. The predicted octanol–water partition coefficient (Wildman–Crippen LogP) is 5.22. The number of benzene rings is 3.